The van der Waals surface area contributed by atoms with Crippen LogP contribution in [0.25, 0.3) is 0 Å². The number of pyridine rings is 1. The van der Waals surface area contributed by atoms with E-state index in [1.165, 1.54) is 11.8 Å². The summed E-state index contributed by atoms with van der Waals surface area (Å²) in [5.41, 5.74) is 7.24. The highest BCUT2D eigenvalue weighted by Gasteiger charge is 2.04. The Morgan fingerprint density at radius 1 is 1.35 bits per heavy atom. The third kappa shape index (κ3) is 3.98. The zero-order chi connectivity index (χ0) is 14.4. The first-order chi connectivity index (χ1) is 9.67. The number of amides is 1. The van der Waals surface area contributed by atoms with Gasteiger partial charge in [0.2, 0.25) is 0 Å². The quantitative estimate of drug-likeness (QED) is 0.874. The third-order valence-electron chi connectivity index (χ3n) is 2.73. The molecule has 0 saturated heterocycles. The summed E-state index contributed by atoms with van der Waals surface area (Å²) in [6.07, 6.45) is 2.42. The van der Waals surface area contributed by atoms with E-state index in [4.69, 9.17) is 10.5 Å². The lowest BCUT2D eigenvalue weighted by Crippen LogP contribution is -2.20. The van der Waals surface area contributed by atoms with E-state index < -0.39 is 0 Å². The number of aromatic nitrogens is 1. The minimum Gasteiger partial charge on any atom is -0.484 e. The zero-order valence-electron chi connectivity index (χ0n) is 11.3. The Balaban J connectivity index is 1.87. The van der Waals surface area contributed by atoms with Crippen LogP contribution in [0.15, 0.2) is 42.6 Å². The fourth-order valence-electron chi connectivity index (χ4n) is 1.66. The first kappa shape index (κ1) is 13.9. The molecule has 0 radical (unpaired) electrons. The van der Waals surface area contributed by atoms with E-state index in [-0.39, 0.29) is 12.5 Å². The average molecular weight is 271 g/mol. The molecule has 0 aliphatic heterocycles. The molecule has 0 aliphatic rings. The van der Waals surface area contributed by atoms with Crippen molar-refractivity contribution in [3.05, 3.63) is 48.2 Å². The monoisotopic (exact) mass is 271 g/mol. The van der Waals surface area contributed by atoms with Crippen LogP contribution in [-0.2, 0) is 11.2 Å². The molecule has 5 nitrogen and oxygen atoms in total. The van der Waals surface area contributed by atoms with Crippen molar-refractivity contribution in [1.29, 1.82) is 0 Å². The normalized spacial score (nSPS) is 10.1. The highest BCUT2D eigenvalue weighted by atomic mass is 16.5. The van der Waals surface area contributed by atoms with Gasteiger partial charge in [-0.1, -0.05) is 19.1 Å². The number of nitrogen functional groups attached to an aromatic ring is 1. The second-order valence-corrected chi connectivity index (χ2v) is 4.31. The minimum atomic E-state index is -0.260. The topological polar surface area (TPSA) is 77.2 Å². The van der Waals surface area contributed by atoms with Crippen LogP contribution in [0.1, 0.15) is 12.5 Å². The number of rotatable bonds is 5. The van der Waals surface area contributed by atoms with Gasteiger partial charge in [-0.05, 0) is 36.2 Å². The van der Waals surface area contributed by atoms with Gasteiger partial charge in [-0.2, -0.15) is 0 Å². The summed E-state index contributed by atoms with van der Waals surface area (Å²) >= 11 is 0. The number of aryl methyl sites for hydroxylation is 1. The minimum absolute atomic E-state index is 0.0563. The van der Waals surface area contributed by atoms with Gasteiger partial charge in [-0.25, -0.2) is 4.98 Å². The van der Waals surface area contributed by atoms with Crippen LogP contribution in [0.3, 0.4) is 0 Å². The summed E-state index contributed by atoms with van der Waals surface area (Å²) in [5, 5.41) is 2.64. The molecule has 0 unspecified atom stereocenters. The maximum atomic E-state index is 11.7. The fraction of sp³-hybridized carbons (Fsp3) is 0.200. The van der Waals surface area contributed by atoms with Gasteiger partial charge in [-0.15, -0.1) is 0 Å². The second-order valence-electron chi connectivity index (χ2n) is 4.31. The number of nitrogens with two attached hydrogens (primary N) is 1. The first-order valence-corrected chi connectivity index (χ1v) is 6.40. The molecule has 1 heterocycles. The van der Waals surface area contributed by atoms with Gasteiger partial charge in [0.05, 0.1) is 11.9 Å². The Morgan fingerprint density at radius 3 is 2.90 bits per heavy atom. The predicted molar refractivity (Wildman–Crippen MR) is 78.6 cm³/mol. The van der Waals surface area contributed by atoms with E-state index in [2.05, 4.69) is 17.2 Å². The van der Waals surface area contributed by atoms with Crippen LogP contribution in [-0.4, -0.2) is 17.5 Å². The van der Waals surface area contributed by atoms with Crippen LogP contribution < -0.4 is 15.8 Å². The van der Waals surface area contributed by atoms with Crippen molar-refractivity contribution in [1.82, 2.24) is 4.98 Å². The van der Waals surface area contributed by atoms with Crippen LogP contribution in [0, 0.1) is 0 Å². The lowest BCUT2D eigenvalue weighted by molar-refractivity contribution is -0.118. The third-order valence-corrected chi connectivity index (χ3v) is 2.73. The van der Waals surface area contributed by atoms with Crippen molar-refractivity contribution in [2.75, 3.05) is 17.7 Å². The van der Waals surface area contributed by atoms with Gasteiger partial charge in [0.25, 0.3) is 5.91 Å². The van der Waals surface area contributed by atoms with Crippen molar-refractivity contribution in [2.45, 2.75) is 13.3 Å². The summed E-state index contributed by atoms with van der Waals surface area (Å²) in [6, 6.07) is 11.0. The maximum absolute atomic E-state index is 11.7. The highest BCUT2D eigenvalue weighted by molar-refractivity contribution is 5.91. The van der Waals surface area contributed by atoms with Crippen LogP contribution in [0.4, 0.5) is 11.5 Å². The van der Waals surface area contributed by atoms with E-state index in [0.717, 1.165) is 6.42 Å². The van der Waals surface area contributed by atoms with Gasteiger partial charge in [0.1, 0.15) is 11.6 Å². The maximum Gasteiger partial charge on any atom is 0.263 e. The molecule has 0 spiro atoms. The molecule has 0 saturated carbocycles. The molecule has 2 aromatic rings. The van der Waals surface area contributed by atoms with Crippen LogP contribution in [0.5, 0.6) is 5.75 Å². The molecule has 0 atom stereocenters. The largest absolute Gasteiger partial charge is 0.484 e. The number of carbonyl (C=O) groups excluding carboxylic acids is 1. The molecule has 1 aromatic carbocycles. The van der Waals surface area contributed by atoms with Crippen molar-refractivity contribution in [3.8, 4) is 5.75 Å². The van der Waals surface area contributed by atoms with Crippen molar-refractivity contribution in [3.63, 3.8) is 0 Å². The molecule has 5 heteroatoms. The average Bonchev–Trinajstić information content (AvgIpc) is 2.48. The smallest absolute Gasteiger partial charge is 0.263 e. The Bertz CT molecular complexity index is 582. The lowest BCUT2D eigenvalue weighted by Gasteiger charge is -2.08. The van der Waals surface area contributed by atoms with E-state index in [1.807, 2.05) is 24.3 Å². The summed E-state index contributed by atoms with van der Waals surface area (Å²) < 4.78 is 5.44. The highest BCUT2D eigenvalue weighted by Crippen LogP contribution is 2.13. The molecule has 0 bridgehead atoms. The number of benzene rings is 1. The van der Waals surface area contributed by atoms with Gasteiger partial charge >= 0.3 is 0 Å². The van der Waals surface area contributed by atoms with Crippen LogP contribution in [0.2, 0.25) is 0 Å². The zero-order valence-corrected chi connectivity index (χ0v) is 11.3. The number of ether oxygens (including phenoxy) is 1. The Hall–Kier alpha value is -2.56. The Labute approximate surface area is 117 Å². The number of anilines is 2. The fourth-order valence-corrected chi connectivity index (χ4v) is 1.66. The Morgan fingerprint density at radius 2 is 2.20 bits per heavy atom. The number of hydrogen-bond donors (Lipinski definition) is 2. The number of carbonyl (C=O) groups is 1. The van der Waals surface area contributed by atoms with E-state index >= 15 is 0 Å². The van der Waals surface area contributed by atoms with E-state index in [0.29, 0.717) is 17.3 Å². The van der Waals surface area contributed by atoms with Gasteiger partial charge < -0.3 is 15.8 Å². The standard InChI is InChI=1S/C15H17N3O2/c1-2-11-4-3-5-13(8-11)20-10-15(19)18-14-7-6-12(16)9-17-14/h3-9H,2,10,16H2,1H3,(H,17,18,19). The number of nitrogens with one attached hydrogen (secondary N) is 1. The second kappa shape index (κ2) is 6.56. The van der Waals surface area contributed by atoms with Crippen molar-refractivity contribution in [2.24, 2.45) is 0 Å². The van der Waals surface area contributed by atoms with E-state index in [1.54, 1.807) is 12.1 Å². The molecule has 0 aliphatic carbocycles. The molecule has 1 aromatic heterocycles. The molecule has 20 heavy (non-hydrogen) atoms. The summed E-state index contributed by atoms with van der Waals surface area (Å²) in [4.78, 5) is 15.7. The van der Waals surface area contributed by atoms with Gasteiger partial charge in [-0.3, -0.25) is 4.79 Å². The summed E-state index contributed by atoms with van der Waals surface area (Å²) in [7, 11) is 0. The first-order valence-electron chi connectivity index (χ1n) is 6.40. The van der Waals surface area contributed by atoms with Crippen molar-refractivity contribution >= 4 is 17.4 Å². The molecule has 1 amide bonds. The number of nitrogens with zero attached hydrogens (tertiary/aromatic N) is 1. The number of hydrogen-bond acceptors (Lipinski definition) is 4. The van der Waals surface area contributed by atoms with Gasteiger partial charge in [0.15, 0.2) is 6.61 Å². The van der Waals surface area contributed by atoms with E-state index in [9.17, 15) is 4.79 Å². The molecule has 2 rings (SSSR count). The Kier molecular flexibility index (Phi) is 4.55. The SMILES string of the molecule is CCc1cccc(OCC(=O)Nc2ccc(N)cn2)c1. The molecule has 3 N–H and O–H groups in total. The van der Waals surface area contributed by atoms with Gasteiger partial charge in [0, 0.05) is 0 Å². The molecule has 0 fully saturated rings. The van der Waals surface area contributed by atoms with Crippen molar-refractivity contribution < 1.29 is 9.53 Å². The molecular weight excluding hydrogens is 254 g/mol. The summed E-state index contributed by atoms with van der Waals surface area (Å²) in [6.45, 7) is 2.01. The molecular formula is C15H17N3O2. The summed E-state index contributed by atoms with van der Waals surface area (Å²) in [5.74, 6) is 0.879. The molecule has 104 valence electrons. The predicted octanol–water partition coefficient (Wildman–Crippen LogP) is 2.24. The lowest BCUT2D eigenvalue weighted by atomic mass is 10.2. The van der Waals surface area contributed by atoms with Crippen LogP contribution >= 0.6 is 0 Å².